The van der Waals surface area contributed by atoms with Crippen molar-refractivity contribution in [3.8, 4) is 17.2 Å². The van der Waals surface area contributed by atoms with E-state index in [-0.39, 0.29) is 13.5 Å². The third-order valence-corrected chi connectivity index (χ3v) is 3.25. The molecule has 0 bridgehead atoms. The van der Waals surface area contributed by atoms with Gasteiger partial charge in [-0.1, -0.05) is 0 Å². The van der Waals surface area contributed by atoms with Crippen LogP contribution < -0.4 is 19.5 Å². The topological polar surface area (TPSA) is 39.7 Å². The predicted molar refractivity (Wildman–Crippen MR) is 68.5 cm³/mol. The summed E-state index contributed by atoms with van der Waals surface area (Å²) in [6.07, 6.45) is 2.88. The summed E-state index contributed by atoms with van der Waals surface area (Å²) in [6.45, 7) is 1.01. The molecular formula is C14H18FNO3. The number of hydrogen-bond acceptors (Lipinski definition) is 4. The summed E-state index contributed by atoms with van der Waals surface area (Å²) in [7, 11) is 0. The van der Waals surface area contributed by atoms with Gasteiger partial charge in [0, 0.05) is 30.6 Å². The lowest BCUT2D eigenvalue weighted by molar-refractivity contribution is 0.173. The Balaban J connectivity index is 1.72. The van der Waals surface area contributed by atoms with Gasteiger partial charge in [0.1, 0.15) is 5.75 Å². The van der Waals surface area contributed by atoms with Gasteiger partial charge < -0.3 is 19.5 Å². The lowest BCUT2D eigenvalue weighted by Crippen LogP contribution is -2.16. The average Bonchev–Trinajstić information content (AvgIpc) is 3.14. The molecule has 1 aromatic carbocycles. The Bertz CT molecular complexity index is 449. The molecule has 0 amide bonds. The lowest BCUT2D eigenvalue weighted by atomic mass is 10.1. The van der Waals surface area contributed by atoms with E-state index in [1.807, 2.05) is 12.1 Å². The molecule has 0 spiro atoms. The van der Waals surface area contributed by atoms with E-state index in [1.165, 1.54) is 12.8 Å². The van der Waals surface area contributed by atoms with Gasteiger partial charge in [-0.25, -0.2) is 0 Å². The Kier molecular flexibility index (Phi) is 3.73. The van der Waals surface area contributed by atoms with Crippen LogP contribution in [0.1, 0.15) is 24.8 Å². The molecule has 4 nitrogen and oxygen atoms in total. The molecule has 0 saturated heterocycles. The standard InChI is InChI=1S/C14H18FNO3/c15-4-1-5-17-12-7-14-13(18-9-19-14)6-10(12)8-16-11-2-3-11/h6-7,11,16H,1-5,8-9H2. The zero-order chi connectivity index (χ0) is 13.1. The molecule has 0 unspecified atom stereocenters. The number of halogens is 1. The fourth-order valence-electron chi connectivity index (χ4n) is 2.02. The number of ether oxygens (including phenoxy) is 3. The highest BCUT2D eigenvalue weighted by Crippen LogP contribution is 2.38. The summed E-state index contributed by atoms with van der Waals surface area (Å²) in [4.78, 5) is 0. The second-order valence-corrected chi connectivity index (χ2v) is 4.86. The highest BCUT2D eigenvalue weighted by molar-refractivity contribution is 5.51. The van der Waals surface area contributed by atoms with Crippen molar-refractivity contribution in [3.05, 3.63) is 17.7 Å². The van der Waals surface area contributed by atoms with Gasteiger partial charge in [0.2, 0.25) is 6.79 Å². The van der Waals surface area contributed by atoms with Gasteiger partial charge in [-0.2, -0.15) is 0 Å². The highest BCUT2D eigenvalue weighted by Gasteiger charge is 2.22. The van der Waals surface area contributed by atoms with E-state index in [1.54, 1.807) is 0 Å². The maximum Gasteiger partial charge on any atom is 0.231 e. The number of hydrogen-bond donors (Lipinski definition) is 1. The third kappa shape index (κ3) is 3.10. The van der Waals surface area contributed by atoms with Crippen molar-refractivity contribution < 1.29 is 18.6 Å². The van der Waals surface area contributed by atoms with Crippen molar-refractivity contribution in [2.75, 3.05) is 20.1 Å². The van der Waals surface area contributed by atoms with Crippen LogP contribution in [0.15, 0.2) is 12.1 Å². The quantitative estimate of drug-likeness (QED) is 0.770. The highest BCUT2D eigenvalue weighted by atomic mass is 19.1. The van der Waals surface area contributed by atoms with Crippen LogP contribution in [0.4, 0.5) is 4.39 Å². The molecule has 1 aliphatic heterocycles. The van der Waals surface area contributed by atoms with E-state index in [4.69, 9.17) is 14.2 Å². The minimum atomic E-state index is -0.361. The van der Waals surface area contributed by atoms with Crippen LogP contribution in [0.5, 0.6) is 17.2 Å². The fraction of sp³-hybridized carbons (Fsp3) is 0.571. The smallest absolute Gasteiger partial charge is 0.231 e. The number of fused-ring (bicyclic) bond motifs is 1. The molecular weight excluding hydrogens is 249 g/mol. The predicted octanol–water partition coefficient (Wildman–Crippen LogP) is 2.41. The SMILES string of the molecule is FCCCOc1cc2c(cc1CNC1CC1)OCO2. The Hall–Kier alpha value is -1.49. The average molecular weight is 267 g/mol. The first kappa shape index (κ1) is 12.5. The molecule has 5 heteroatoms. The molecule has 1 heterocycles. The number of benzene rings is 1. The summed E-state index contributed by atoms with van der Waals surface area (Å²) in [6, 6.07) is 4.41. The Morgan fingerprint density at radius 3 is 2.79 bits per heavy atom. The normalized spacial score (nSPS) is 16.7. The number of rotatable bonds is 7. The van der Waals surface area contributed by atoms with Crippen molar-refractivity contribution in [2.45, 2.75) is 31.8 Å². The van der Waals surface area contributed by atoms with Gasteiger partial charge in [-0.3, -0.25) is 4.39 Å². The summed E-state index contributed by atoms with van der Waals surface area (Å²) in [5.74, 6) is 2.21. The molecule has 2 aliphatic rings. The van der Waals surface area contributed by atoms with Gasteiger partial charge in [0.15, 0.2) is 11.5 Å². The second kappa shape index (κ2) is 5.65. The maximum atomic E-state index is 12.1. The second-order valence-electron chi connectivity index (χ2n) is 4.86. The third-order valence-electron chi connectivity index (χ3n) is 3.25. The molecule has 19 heavy (non-hydrogen) atoms. The zero-order valence-corrected chi connectivity index (χ0v) is 10.8. The molecule has 3 rings (SSSR count). The van der Waals surface area contributed by atoms with E-state index in [0.29, 0.717) is 24.8 Å². The van der Waals surface area contributed by atoms with Gasteiger partial charge in [0.25, 0.3) is 0 Å². The molecule has 1 aromatic rings. The number of alkyl halides is 1. The van der Waals surface area contributed by atoms with E-state index in [0.717, 1.165) is 23.6 Å². The molecule has 1 saturated carbocycles. The van der Waals surface area contributed by atoms with Crippen LogP contribution in [0.25, 0.3) is 0 Å². The van der Waals surface area contributed by atoms with Crippen LogP contribution in [0.3, 0.4) is 0 Å². The largest absolute Gasteiger partial charge is 0.493 e. The molecule has 0 aromatic heterocycles. The van der Waals surface area contributed by atoms with Gasteiger partial charge in [-0.15, -0.1) is 0 Å². The number of nitrogens with one attached hydrogen (secondary N) is 1. The van der Waals surface area contributed by atoms with Crippen molar-refractivity contribution in [2.24, 2.45) is 0 Å². The first-order chi connectivity index (χ1) is 9.36. The van der Waals surface area contributed by atoms with E-state index >= 15 is 0 Å². The Morgan fingerprint density at radius 2 is 2.05 bits per heavy atom. The fourth-order valence-corrected chi connectivity index (χ4v) is 2.02. The maximum absolute atomic E-state index is 12.1. The zero-order valence-electron chi connectivity index (χ0n) is 10.8. The molecule has 0 radical (unpaired) electrons. The molecule has 1 aliphatic carbocycles. The van der Waals surface area contributed by atoms with Gasteiger partial charge in [0.05, 0.1) is 13.3 Å². The van der Waals surface area contributed by atoms with Crippen molar-refractivity contribution >= 4 is 0 Å². The van der Waals surface area contributed by atoms with E-state index in [9.17, 15) is 4.39 Å². The van der Waals surface area contributed by atoms with Crippen LogP contribution >= 0.6 is 0 Å². The molecule has 104 valence electrons. The molecule has 1 N–H and O–H groups in total. The summed E-state index contributed by atoms with van der Waals surface area (Å²) in [5, 5.41) is 3.44. The first-order valence-electron chi connectivity index (χ1n) is 6.71. The molecule has 1 fully saturated rings. The minimum absolute atomic E-state index is 0.249. The Labute approximate surface area is 111 Å². The summed E-state index contributed by atoms with van der Waals surface area (Å²) < 4.78 is 28.5. The van der Waals surface area contributed by atoms with Crippen molar-refractivity contribution in [1.29, 1.82) is 0 Å². The van der Waals surface area contributed by atoms with Crippen molar-refractivity contribution in [3.63, 3.8) is 0 Å². The van der Waals surface area contributed by atoms with Crippen LogP contribution in [0.2, 0.25) is 0 Å². The van der Waals surface area contributed by atoms with E-state index in [2.05, 4.69) is 5.32 Å². The first-order valence-corrected chi connectivity index (χ1v) is 6.71. The van der Waals surface area contributed by atoms with Crippen molar-refractivity contribution in [1.82, 2.24) is 5.32 Å². The van der Waals surface area contributed by atoms with Crippen LogP contribution in [-0.2, 0) is 6.54 Å². The van der Waals surface area contributed by atoms with Crippen LogP contribution in [-0.4, -0.2) is 26.1 Å². The van der Waals surface area contributed by atoms with Gasteiger partial charge in [-0.05, 0) is 18.9 Å². The Morgan fingerprint density at radius 1 is 1.26 bits per heavy atom. The van der Waals surface area contributed by atoms with Gasteiger partial charge >= 0.3 is 0 Å². The summed E-state index contributed by atoms with van der Waals surface area (Å²) in [5.41, 5.74) is 1.04. The lowest BCUT2D eigenvalue weighted by Gasteiger charge is -2.12. The monoisotopic (exact) mass is 267 g/mol. The van der Waals surface area contributed by atoms with Crippen LogP contribution in [0, 0.1) is 0 Å². The summed E-state index contributed by atoms with van der Waals surface area (Å²) >= 11 is 0. The molecule has 0 atom stereocenters. The minimum Gasteiger partial charge on any atom is -0.493 e. The van der Waals surface area contributed by atoms with E-state index < -0.39 is 0 Å².